The number of methoxy groups -OCH3 is 1. The predicted octanol–water partition coefficient (Wildman–Crippen LogP) is 5.42. The molecule has 170 valence electrons. The van der Waals surface area contributed by atoms with Crippen LogP contribution in [0.2, 0.25) is 0 Å². The highest BCUT2D eigenvalue weighted by molar-refractivity contribution is 6.51. The van der Waals surface area contributed by atoms with Crippen LogP contribution < -0.4 is 9.64 Å². The molecule has 4 aromatic rings. The van der Waals surface area contributed by atoms with Crippen LogP contribution in [0.25, 0.3) is 16.7 Å². The number of para-hydroxylation sites is 1. The van der Waals surface area contributed by atoms with Gasteiger partial charge < -0.3 is 14.8 Å². The Kier molecular flexibility index (Phi) is 5.21. The summed E-state index contributed by atoms with van der Waals surface area (Å²) in [6.45, 7) is 3.82. The van der Waals surface area contributed by atoms with E-state index in [0.717, 1.165) is 27.6 Å². The number of aromatic amines is 1. The van der Waals surface area contributed by atoms with Crippen molar-refractivity contribution in [2.45, 2.75) is 19.9 Å². The van der Waals surface area contributed by atoms with Crippen molar-refractivity contribution in [1.29, 1.82) is 0 Å². The summed E-state index contributed by atoms with van der Waals surface area (Å²) >= 11 is 0. The van der Waals surface area contributed by atoms with Gasteiger partial charge in [0.1, 0.15) is 11.5 Å². The molecular weight excluding hydrogens is 428 g/mol. The molecule has 1 aliphatic heterocycles. The van der Waals surface area contributed by atoms with Crippen LogP contribution >= 0.6 is 0 Å². The number of carbonyl (C=O) groups is 2. The molecule has 6 heteroatoms. The highest BCUT2D eigenvalue weighted by atomic mass is 16.5. The number of ether oxygens (including phenoxy) is 1. The fourth-order valence-corrected chi connectivity index (χ4v) is 4.60. The van der Waals surface area contributed by atoms with Gasteiger partial charge in [-0.15, -0.1) is 0 Å². The third-order valence-electron chi connectivity index (χ3n) is 6.34. The maximum absolute atomic E-state index is 13.4. The molecule has 1 amide bonds. The summed E-state index contributed by atoms with van der Waals surface area (Å²) < 4.78 is 5.32. The number of aryl methyl sites for hydroxylation is 2. The third kappa shape index (κ3) is 3.35. The van der Waals surface area contributed by atoms with Crippen LogP contribution in [0.4, 0.5) is 5.69 Å². The molecule has 34 heavy (non-hydrogen) atoms. The molecule has 1 atom stereocenters. The van der Waals surface area contributed by atoms with Gasteiger partial charge in [-0.2, -0.15) is 0 Å². The molecule has 1 fully saturated rings. The molecule has 5 rings (SSSR count). The zero-order valence-electron chi connectivity index (χ0n) is 19.1. The van der Waals surface area contributed by atoms with Crippen molar-refractivity contribution in [2.75, 3.05) is 12.0 Å². The lowest BCUT2D eigenvalue weighted by Crippen LogP contribution is -2.29. The first-order valence-corrected chi connectivity index (χ1v) is 11.0. The number of aliphatic hydroxyl groups excluding tert-OH is 1. The summed E-state index contributed by atoms with van der Waals surface area (Å²) in [7, 11) is 1.58. The van der Waals surface area contributed by atoms with Gasteiger partial charge in [0.25, 0.3) is 11.7 Å². The van der Waals surface area contributed by atoms with E-state index in [-0.39, 0.29) is 11.3 Å². The Morgan fingerprint density at radius 1 is 1.00 bits per heavy atom. The predicted molar refractivity (Wildman–Crippen MR) is 132 cm³/mol. The quantitative estimate of drug-likeness (QED) is 0.246. The summed E-state index contributed by atoms with van der Waals surface area (Å²) in [5.74, 6) is -0.938. The van der Waals surface area contributed by atoms with E-state index in [0.29, 0.717) is 17.0 Å². The van der Waals surface area contributed by atoms with E-state index in [4.69, 9.17) is 4.74 Å². The molecule has 1 aromatic heterocycles. The van der Waals surface area contributed by atoms with Gasteiger partial charge in [0, 0.05) is 33.9 Å². The normalized spacial score (nSPS) is 17.5. The summed E-state index contributed by atoms with van der Waals surface area (Å²) in [6.07, 6.45) is 1.80. The number of rotatable bonds is 4. The van der Waals surface area contributed by atoms with Gasteiger partial charge in [0.15, 0.2) is 0 Å². The number of hydrogen-bond acceptors (Lipinski definition) is 4. The van der Waals surface area contributed by atoms with Gasteiger partial charge in [0.2, 0.25) is 0 Å². The van der Waals surface area contributed by atoms with E-state index in [2.05, 4.69) is 4.98 Å². The SMILES string of the molecule is COc1ccc(/C(O)=C2\C(=O)C(=O)N(c3ccc(C)cc3)C2c2c[nH]c3ccccc23)cc1C. The number of ketones is 1. The van der Waals surface area contributed by atoms with Crippen molar-refractivity contribution >= 4 is 34.0 Å². The van der Waals surface area contributed by atoms with Gasteiger partial charge in [-0.1, -0.05) is 35.9 Å². The van der Waals surface area contributed by atoms with E-state index >= 15 is 0 Å². The van der Waals surface area contributed by atoms with Crippen LogP contribution in [-0.2, 0) is 9.59 Å². The zero-order chi connectivity index (χ0) is 24.0. The Morgan fingerprint density at radius 3 is 2.44 bits per heavy atom. The summed E-state index contributed by atoms with van der Waals surface area (Å²) in [6, 6.07) is 19.5. The van der Waals surface area contributed by atoms with Crippen LogP contribution in [0.15, 0.2) is 78.5 Å². The minimum Gasteiger partial charge on any atom is -0.507 e. The highest BCUT2D eigenvalue weighted by Crippen LogP contribution is 2.44. The van der Waals surface area contributed by atoms with Crippen LogP contribution in [0.3, 0.4) is 0 Å². The van der Waals surface area contributed by atoms with Gasteiger partial charge in [-0.3, -0.25) is 14.5 Å². The topological polar surface area (TPSA) is 82.6 Å². The number of fused-ring (bicyclic) bond motifs is 1. The van der Waals surface area contributed by atoms with Crippen molar-refractivity contribution in [3.05, 3.63) is 101 Å². The second-order valence-electron chi connectivity index (χ2n) is 8.48. The Bertz CT molecular complexity index is 1460. The third-order valence-corrected chi connectivity index (χ3v) is 6.34. The fraction of sp³-hybridized carbons (Fsp3) is 0.143. The number of aromatic nitrogens is 1. The highest BCUT2D eigenvalue weighted by Gasteiger charge is 2.47. The molecule has 0 radical (unpaired) electrons. The minimum absolute atomic E-state index is 0.0555. The second kappa shape index (κ2) is 8.23. The van der Waals surface area contributed by atoms with E-state index in [1.165, 1.54) is 4.90 Å². The molecule has 0 spiro atoms. The number of H-pyrrole nitrogens is 1. The number of carbonyl (C=O) groups excluding carboxylic acids is 2. The van der Waals surface area contributed by atoms with Crippen molar-refractivity contribution in [2.24, 2.45) is 0 Å². The number of anilines is 1. The Hall–Kier alpha value is -4.32. The first-order chi connectivity index (χ1) is 16.4. The number of nitrogens with zero attached hydrogens (tertiary/aromatic N) is 1. The van der Waals surface area contributed by atoms with Gasteiger partial charge in [0.05, 0.1) is 18.7 Å². The second-order valence-corrected chi connectivity index (χ2v) is 8.48. The summed E-state index contributed by atoms with van der Waals surface area (Å²) in [4.78, 5) is 31.4. The molecule has 2 heterocycles. The average molecular weight is 453 g/mol. The number of hydrogen-bond donors (Lipinski definition) is 2. The molecule has 0 aliphatic carbocycles. The maximum atomic E-state index is 13.4. The first-order valence-electron chi connectivity index (χ1n) is 11.0. The summed E-state index contributed by atoms with van der Waals surface area (Å²) in [5, 5.41) is 12.3. The molecule has 6 nitrogen and oxygen atoms in total. The first kappa shape index (κ1) is 21.5. The monoisotopic (exact) mass is 452 g/mol. The lowest BCUT2D eigenvalue weighted by molar-refractivity contribution is -0.132. The Labute approximate surface area is 197 Å². The van der Waals surface area contributed by atoms with Crippen molar-refractivity contribution in [3.63, 3.8) is 0 Å². The van der Waals surface area contributed by atoms with E-state index in [1.807, 2.05) is 62.4 Å². The number of aliphatic hydroxyl groups is 1. The van der Waals surface area contributed by atoms with E-state index in [9.17, 15) is 14.7 Å². The van der Waals surface area contributed by atoms with Crippen LogP contribution in [0, 0.1) is 13.8 Å². The van der Waals surface area contributed by atoms with Crippen LogP contribution in [0.5, 0.6) is 5.75 Å². The number of benzene rings is 3. The van der Waals surface area contributed by atoms with Crippen LogP contribution in [0.1, 0.15) is 28.3 Å². The summed E-state index contributed by atoms with van der Waals surface area (Å²) in [5.41, 5.74) is 4.56. The molecule has 0 bridgehead atoms. The number of amides is 1. The largest absolute Gasteiger partial charge is 0.507 e. The van der Waals surface area contributed by atoms with Gasteiger partial charge in [-0.05, 0) is 55.8 Å². The smallest absolute Gasteiger partial charge is 0.300 e. The average Bonchev–Trinajstić information content (AvgIpc) is 3.38. The Morgan fingerprint density at radius 2 is 1.74 bits per heavy atom. The number of nitrogens with one attached hydrogen (secondary N) is 1. The molecule has 3 aromatic carbocycles. The molecule has 1 saturated heterocycles. The zero-order valence-corrected chi connectivity index (χ0v) is 19.1. The maximum Gasteiger partial charge on any atom is 0.300 e. The van der Waals surface area contributed by atoms with Crippen molar-refractivity contribution < 1.29 is 19.4 Å². The molecule has 1 aliphatic rings. The van der Waals surface area contributed by atoms with E-state index in [1.54, 1.807) is 31.5 Å². The Balaban J connectivity index is 1.76. The fourth-order valence-electron chi connectivity index (χ4n) is 4.60. The molecule has 2 N–H and O–H groups in total. The molecule has 0 saturated carbocycles. The van der Waals surface area contributed by atoms with E-state index < -0.39 is 17.7 Å². The van der Waals surface area contributed by atoms with Gasteiger partial charge in [-0.25, -0.2) is 0 Å². The van der Waals surface area contributed by atoms with Crippen LogP contribution in [-0.4, -0.2) is 28.9 Å². The minimum atomic E-state index is -0.790. The van der Waals surface area contributed by atoms with Gasteiger partial charge >= 0.3 is 0 Å². The lowest BCUT2D eigenvalue weighted by atomic mass is 9.94. The standard InChI is InChI=1S/C28H24N2O4/c1-16-8-11-19(12-9-16)30-25(21-15-29-22-7-5-4-6-20(21)22)24(27(32)28(30)33)26(31)18-10-13-23(34-3)17(2)14-18/h4-15,25,29,31H,1-3H3/b26-24+. The van der Waals surface area contributed by atoms with Crippen molar-refractivity contribution in [3.8, 4) is 5.75 Å². The number of Topliss-reactive ketones (excluding diaryl/α,β-unsaturated/α-hetero) is 1. The van der Waals surface area contributed by atoms with Crippen molar-refractivity contribution in [1.82, 2.24) is 4.98 Å². The molecular formula is C28H24N2O4. The molecule has 1 unspecified atom stereocenters. The lowest BCUT2D eigenvalue weighted by Gasteiger charge is -2.25.